The summed E-state index contributed by atoms with van der Waals surface area (Å²) < 4.78 is 0. The fourth-order valence-corrected chi connectivity index (χ4v) is 2.55. The van der Waals surface area contributed by atoms with E-state index in [0.29, 0.717) is 44.8 Å². The third-order valence-electron chi connectivity index (χ3n) is 3.80. The molecule has 24 heavy (non-hydrogen) atoms. The molecule has 0 aliphatic carbocycles. The van der Waals surface area contributed by atoms with E-state index in [1.54, 1.807) is 4.90 Å². The van der Waals surface area contributed by atoms with Crippen molar-refractivity contribution in [2.45, 2.75) is 19.4 Å². The lowest BCUT2D eigenvalue weighted by Crippen LogP contribution is -2.54. The van der Waals surface area contributed by atoms with Gasteiger partial charge >= 0.3 is 0 Å². The molecule has 2 rings (SSSR count). The van der Waals surface area contributed by atoms with Crippen molar-refractivity contribution in [3.8, 4) is 0 Å². The van der Waals surface area contributed by atoms with E-state index in [1.807, 2.05) is 4.90 Å². The highest BCUT2D eigenvalue weighted by Crippen LogP contribution is 2.12. The molecule has 1 fully saturated rings. The van der Waals surface area contributed by atoms with Crippen LogP contribution in [0.25, 0.3) is 0 Å². The summed E-state index contributed by atoms with van der Waals surface area (Å²) in [5.41, 5.74) is 11.2. The van der Waals surface area contributed by atoms with Crippen molar-refractivity contribution in [3.05, 3.63) is 16.6 Å². The molecule has 2 amide bonds. The Bertz CT molecular complexity index is 652. The standard InChI is InChI=1S/C14H23N7O3/c1-9(22)18-14-17-8-11(12(23)19-14)20-4-6-21(7-5-20)13(24)10(16)2-3-15/h8,10H,2-7,15-16H2,1H3,(H2,17,18,19,22,23)/t10-/m0/s1. The summed E-state index contributed by atoms with van der Waals surface area (Å²) >= 11 is 0. The maximum atomic E-state index is 12.2. The predicted octanol–water partition coefficient (Wildman–Crippen LogP) is -1.95. The van der Waals surface area contributed by atoms with Crippen LogP contribution in [0.1, 0.15) is 13.3 Å². The number of aromatic nitrogens is 2. The molecular weight excluding hydrogens is 314 g/mol. The van der Waals surface area contributed by atoms with Crippen molar-refractivity contribution in [1.82, 2.24) is 14.9 Å². The van der Waals surface area contributed by atoms with Crippen molar-refractivity contribution in [2.24, 2.45) is 11.5 Å². The molecule has 0 radical (unpaired) electrons. The number of rotatable bonds is 5. The zero-order valence-corrected chi connectivity index (χ0v) is 13.6. The SMILES string of the molecule is CC(=O)Nc1nc(=O)c(N2CCN(C(=O)[C@@H](N)CCN)CC2)c[nH]1. The summed E-state index contributed by atoms with van der Waals surface area (Å²) in [6.45, 7) is 3.67. The Morgan fingerprint density at radius 2 is 2.04 bits per heavy atom. The van der Waals surface area contributed by atoms with Crippen molar-refractivity contribution in [2.75, 3.05) is 42.9 Å². The van der Waals surface area contributed by atoms with Gasteiger partial charge in [0.2, 0.25) is 17.8 Å². The molecule has 6 N–H and O–H groups in total. The van der Waals surface area contributed by atoms with Crippen molar-refractivity contribution < 1.29 is 9.59 Å². The van der Waals surface area contributed by atoms with Crippen molar-refractivity contribution >= 4 is 23.5 Å². The third kappa shape index (κ3) is 4.30. The highest BCUT2D eigenvalue weighted by atomic mass is 16.2. The first-order valence-electron chi connectivity index (χ1n) is 7.79. The molecule has 0 saturated carbocycles. The van der Waals surface area contributed by atoms with Gasteiger partial charge in [0.15, 0.2) is 0 Å². The van der Waals surface area contributed by atoms with Gasteiger partial charge in [0.25, 0.3) is 5.56 Å². The number of amides is 2. The number of hydrogen-bond donors (Lipinski definition) is 4. The molecule has 0 aromatic carbocycles. The Hall–Kier alpha value is -2.46. The fourth-order valence-electron chi connectivity index (χ4n) is 2.55. The normalized spacial score (nSPS) is 16.0. The summed E-state index contributed by atoms with van der Waals surface area (Å²) in [5.74, 6) is -0.321. The van der Waals surface area contributed by atoms with E-state index in [0.717, 1.165) is 0 Å². The molecule has 10 heteroatoms. The maximum Gasteiger partial charge on any atom is 0.297 e. The first-order valence-corrected chi connectivity index (χ1v) is 7.79. The second kappa shape index (κ2) is 7.88. The molecule has 0 unspecified atom stereocenters. The summed E-state index contributed by atoms with van der Waals surface area (Å²) in [5, 5.41) is 2.42. The number of aromatic amines is 1. The number of carbonyl (C=O) groups is 2. The summed E-state index contributed by atoms with van der Waals surface area (Å²) in [6, 6.07) is -0.580. The predicted molar refractivity (Wildman–Crippen MR) is 89.6 cm³/mol. The molecule has 0 bridgehead atoms. The molecule has 1 aromatic rings. The van der Waals surface area contributed by atoms with Crippen LogP contribution in [0.2, 0.25) is 0 Å². The average Bonchev–Trinajstić information content (AvgIpc) is 2.54. The van der Waals surface area contributed by atoms with Gasteiger partial charge < -0.3 is 26.3 Å². The molecule has 1 aliphatic heterocycles. The van der Waals surface area contributed by atoms with Gasteiger partial charge in [-0.05, 0) is 13.0 Å². The van der Waals surface area contributed by atoms with Gasteiger partial charge in [0.1, 0.15) is 5.69 Å². The number of H-pyrrole nitrogens is 1. The Labute approximate surface area is 139 Å². The molecular formula is C14H23N7O3. The van der Waals surface area contributed by atoms with Crippen molar-refractivity contribution in [3.63, 3.8) is 0 Å². The summed E-state index contributed by atoms with van der Waals surface area (Å²) in [6.07, 6.45) is 1.96. The number of anilines is 2. The lowest BCUT2D eigenvalue weighted by atomic mass is 10.1. The largest absolute Gasteiger partial charge is 0.362 e. The lowest BCUT2D eigenvalue weighted by Gasteiger charge is -2.36. The first kappa shape index (κ1) is 17.9. The van der Waals surface area contributed by atoms with Crippen LogP contribution in [0.4, 0.5) is 11.6 Å². The Kier molecular flexibility index (Phi) is 5.88. The third-order valence-corrected chi connectivity index (χ3v) is 3.80. The second-order valence-electron chi connectivity index (χ2n) is 5.62. The van der Waals surface area contributed by atoms with Gasteiger partial charge in [-0.25, -0.2) is 0 Å². The van der Waals surface area contributed by atoms with E-state index in [9.17, 15) is 14.4 Å². The van der Waals surface area contributed by atoms with Crippen LogP contribution in [-0.4, -0.2) is 65.4 Å². The van der Waals surface area contributed by atoms with E-state index < -0.39 is 11.6 Å². The number of nitrogens with zero attached hydrogens (tertiary/aromatic N) is 3. The molecule has 132 valence electrons. The monoisotopic (exact) mass is 337 g/mol. The molecule has 1 atom stereocenters. The second-order valence-corrected chi connectivity index (χ2v) is 5.62. The zero-order chi connectivity index (χ0) is 17.7. The maximum absolute atomic E-state index is 12.2. The van der Waals surface area contributed by atoms with Crippen LogP contribution in [-0.2, 0) is 9.59 Å². The topological polar surface area (TPSA) is 150 Å². The number of nitrogens with one attached hydrogen (secondary N) is 2. The van der Waals surface area contributed by atoms with Gasteiger partial charge in [-0.3, -0.25) is 19.7 Å². The first-order chi connectivity index (χ1) is 11.4. The van der Waals surface area contributed by atoms with E-state index in [-0.39, 0.29) is 17.8 Å². The van der Waals surface area contributed by atoms with E-state index in [1.165, 1.54) is 13.1 Å². The average molecular weight is 337 g/mol. The highest BCUT2D eigenvalue weighted by Gasteiger charge is 2.26. The van der Waals surface area contributed by atoms with Gasteiger partial charge in [-0.1, -0.05) is 0 Å². The van der Waals surface area contributed by atoms with Gasteiger partial charge in [0, 0.05) is 39.3 Å². The van der Waals surface area contributed by atoms with E-state index in [2.05, 4.69) is 15.3 Å². The number of nitrogens with two attached hydrogens (primary N) is 2. The van der Waals surface area contributed by atoms with E-state index >= 15 is 0 Å². The van der Waals surface area contributed by atoms with Gasteiger partial charge in [-0.2, -0.15) is 4.98 Å². The van der Waals surface area contributed by atoms with Crippen LogP contribution in [0.3, 0.4) is 0 Å². The Morgan fingerprint density at radius 3 is 2.58 bits per heavy atom. The van der Waals surface area contributed by atoms with Gasteiger partial charge in [0.05, 0.1) is 6.04 Å². The molecule has 1 saturated heterocycles. The molecule has 10 nitrogen and oxygen atoms in total. The summed E-state index contributed by atoms with van der Waals surface area (Å²) in [4.78, 5) is 45.3. The Morgan fingerprint density at radius 1 is 1.38 bits per heavy atom. The fraction of sp³-hybridized carbons (Fsp3) is 0.571. The highest BCUT2D eigenvalue weighted by molar-refractivity contribution is 5.86. The molecule has 2 heterocycles. The van der Waals surface area contributed by atoms with Crippen LogP contribution in [0, 0.1) is 0 Å². The summed E-state index contributed by atoms with van der Waals surface area (Å²) in [7, 11) is 0. The minimum Gasteiger partial charge on any atom is -0.362 e. The minimum absolute atomic E-state index is 0.109. The van der Waals surface area contributed by atoms with Gasteiger partial charge in [-0.15, -0.1) is 0 Å². The number of hydrogen-bond acceptors (Lipinski definition) is 7. The zero-order valence-electron chi connectivity index (χ0n) is 13.6. The molecule has 0 spiro atoms. The Balaban J connectivity index is 1.98. The van der Waals surface area contributed by atoms with Crippen molar-refractivity contribution in [1.29, 1.82) is 0 Å². The van der Waals surface area contributed by atoms with Crippen LogP contribution < -0.4 is 27.2 Å². The van der Waals surface area contributed by atoms with E-state index in [4.69, 9.17) is 11.5 Å². The van der Waals surface area contributed by atoms with Crippen LogP contribution in [0.5, 0.6) is 0 Å². The quantitative estimate of drug-likeness (QED) is 0.487. The molecule has 1 aromatic heterocycles. The van der Waals surface area contributed by atoms with Crippen LogP contribution >= 0.6 is 0 Å². The molecule has 1 aliphatic rings. The minimum atomic E-state index is -0.580. The van der Waals surface area contributed by atoms with Crippen LogP contribution in [0.15, 0.2) is 11.0 Å². The smallest absolute Gasteiger partial charge is 0.297 e. The number of carbonyl (C=O) groups excluding carboxylic acids is 2. The lowest BCUT2D eigenvalue weighted by molar-refractivity contribution is -0.133. The number of piperazine rings is 1.